The molecule has 0 saturated heterocycles. The van der Waals surface area contributed by atoms with Crippen LogP contribution in [0, 0.1) is 5.92 Å². The molecular formula is C11H19N3. The molecule has 0 bridgehead atoms. The minimum atomic E-state index is 0.594. The number of pyridine rings is 1. The summed E-state index contributed by atoms with van der Waals surface area (Å²) in [5.41, 5.74) is 6.88. The lowest BCUT2D eigenvalue weighted by Gasteiger charge is -2.12. The van der Waals surface area contributed by atoms with Crippen LogP contribution in [0.5, 0.6) is 0 Å². The molecule has 1 unspecified atom stereocenters. The molecule has 3 nitrogen and oxygen atoms in total. The van der Waals surface area contributed by atoms with Gasteiger partial charge in [0.05, 0.1) is 0 Å². The van der Waals surface area contributed by atoms with Gasteiger partial charge in [0.2, 0.25) is 0 Å². The Labute approximate surface area is 85.7 Å². The van der Waals surface area contributed by atoms with E-state index in [-0.39, 0.29) is 0 Å². The molecule has 3 heteroatoms. The fraction of sp³-hybridized carbons (Fsp3) is 0.545. The topological polar surface area (TPSA) is 50.9 Å². The first-order valence-corrected chi connectivity index (χ1v) is 5.16. The lowest BCUT2D eigenvalue weighted by atomic mass is 10.1. The fourth-order valence-electron chi connectivity index (χ4n) is 1.32. The van der Waals surface area contributed by atoms with E-state index in [9.17, 15) is 0 Å². The average Bonchev–Trinajstić information content (AvgIpc) is 2.26. The first-order chi connectivity index (χ1) is 6.86. The standard InChI is InChI=1S/C11H19N3/c1-2-10(7-12)8-14-9-11-3-5-13-6-4-11/h3-6,10,14H,2,7-9,12H2,1H3. The molecule has 0 aliphatic carbocycles. The highest BCUT2D eigenvalue weighted by Crippen LogP contribution is 1.99. The van der Waals surface area contributed by atoms with Crippen LogP contribution in [0.25, 0.3) is 0 Å². The second-order valence-corrected chi connectivity index (χ2v) is 3.50. The highest BCUT2D eigenvalue weighted by atomic mass is 14.9. The number of nitrogens with zero attached hydrogens (tertiary/aromatic N) is 1. The third-order valence-electron chi connectivity index (χ3n) is 2.42. The number of nitrogens with two attached hydrogens (primary N) is 1. The maximum absolute atomic E-state index is 5.61. The lowest BCUT2D eigenvalue weighted by Crippen LogP contribution is -2.27. The van der Waals surface area contributed by atoms with Gasteiger partial charge < -0.3 is 11.1 Å². The van der Waals surface area contributed by atoms with Crippen molar-refractivity contribution >= 4 is 0 Å². The Kier molecular flexibility index (Phi) is 5.19. The molecule has 0 spiro atoms. The van der Waals surface area contributed by atoms with Crippen LogP contribution in [-0.2, 0) is 6.54 Å². The molecule has 0 fully saturated rings. The maximum atomic E-state index is 5.61. The van der Waals surface area contributed by atoms with Gasteiger partial charge in [-0.2, -0.15) is 0 Å². The molecular weight excluding hydrogens is 174 g/mol. The molecule has 0 aliphatic heterocycles. The average molecular weight is 193 g/mol. The molecule has 1 atom stereocenters. The van der Waals surface area contributed by atoms with Crippen LogP contribution in [-0.4, -0.2) is 18.1 Å². The van der Waals surface area contributed by atoms with Gasteiger partial charge in [0.1, 0.15) is 0 Å². The van der Waals surface area contributed by atoms with Gasteiger partial charge in [0.25, 0.3) is 0 Å². The first kappa shape index (κ1) is 11.1. The number of rotatable bonds is 6. The molecule has 3 N–H and O–H groups in total. The van der Waals surface area contributed by atoms with Gasteiger partial charge in [-0.1, -0.05) is 13.3 Å². The largest absolute Gasteiger partial charge is 0.330 e. The van der Waals surface area contributed by atoms with Crippen LogP contribution in [0.15, 0.2) is 24.5 Å². The van der Waals surface area contributed by atoms with E-state index in [1.165, 1.54) is 5.56 Å². The molecule has 1 heterocycles. The summed E-state index contributed by atoms with van der Waals surface area (Å²) >= 11 is 0. The summed E-state index contributed by atoms with van der Waals surface area (Å²) in [6.07, 6.45) is 4.77. The van der Waals surface area contributed by atoms with Crippen molar-refractivity contribution in [2.75, 3.05) is 13.1 Å². The quantitative estimate of drug-likeness (QED) is 0.712. The number of nitrogens with one attached hydrogen (secondary N) is 1. The molecule has 0 amide bonds. The van der Waals surface area contributed by atoms with Crippen molar-refractivity contribution in [2.24, 2.45) is 11.7 Å². The normalized spacial score (nSPS) is 12.7. The highest BCUT2D eigenvalue weighted by Gasteiger charge is 2.01. The smallest absolute Gasteiger partial charge is 0.0271 e. The summed E-state index contributed by atoms with van der Waals surface area (Å²) in [6.45, 7) is 4.83. The van der Waals surface area contributed by atoms with E-state index in [1.807, 2.05) is 24.5 Å². The summed E-state index contributed by atoms with van der Waals surface area (Å²) in [5.74, 6) is 0.594. The number of hydrogen-bond donors (Lipinski definition) is 2. The Morgan fingerprint density at radius 3 is 2.71 bits per heavy atom. The Bertz CT molecular complexity index is 232. The Morgan fingerprint density at radius 2 is 2.14 bits per heavy atom. The van der Waals surface area contributed by atoms with E-state index in [2.05, 4.69) is 17.2 Å². The molecule has 78 valence electrons. The Morgan fingerprint density at radius 1 is 1.43 bits per heavy atom. The SMILES string of the molecule is CCC(CN)CNCc1ccncc1. The predicted octanol–water partition coefficient (Wildman–Crippen LogP) is 1.16. The van der Waals surface area contributed by atoms with Crippen molar-refractivity contribution in [2.45, 2.75) is 19.9 Å². The van der Waals surface area contributed by atoms with Gasteiger partial charge >= 0.3 is 0 Å². The summed E-state index contributed by atoms with van der Waals surface area (Å²) in [5, 5.41) is 3.40. The summed E-state index contributed by atoms with van der Waals surface area (Å²) in [6, 6.07) is 4.05. The first-order valence-electron chi connectivity index (χ1n) is 5.16. The van der Waals surface area contributed by atoms with Gasteiger partial charge in [-0.05, 0) is 36.7 Å². The molecule has 1 aromatic rings. The van der Waals surface area contributed by atoms with Crippen molar-refractivity contribution in [3.8, 4) is 0 Å². The van der Waals surface area contributed by atoms with Gasteiger partial charge in [-0.25, -0.2) is 0 Å². The fourth-order valence-corrected chi connectivity index (χ4v) is 1.32. The zero-order chi connectivity index (χ0) is 10.2. The maximum Gasteiger partial charge on any atom is 0.0271 e. The van der Waals surface area contributed by atoms with E-state index in [0.717, 1.165) is 26.1 Å². The van der Waals surface area contributed by atoms with Gasteiger partial charge in [0, 0.05) is 18.9 Å². The van der Waals surface area contributed by atoms with Gasteiger partial charge in [-0.15, -0.1) is 0 Å². The van der Waals surface area contributed by atoms with Crippen molar-refractivity contribution in [1.29, 1.82) is 0 Å². The van der Waals surface area contributed by atoms with E-state index >= 15 is 0 Å². The summed E-state index contributed by atoms with van der Waals surface area (Å²) in [4.78, 5) is 3.97. The van der Waals surface area contributed by atoms with Gasteiger partial charge in [-0.3, -0.25) is 4.98 Å². The van der Waals surface area contributed by atoms with E-state index < -0.39 is 0 Å². The molecule has 14 heavy (non-hydrogen) atoms. The minimum absolute atomic E-state index is 0.594. The third-order valence-corrected chi connectivity index (χ3v) is 2.42. The van der Waals surface area contributed by atoms with E-state index in [0.29, 0.717) is 5.92 Å². The van der Waals surface area contributed by atoms with Crippen LogP contribution in [0.3, 0.4) is 0 Å². The number of hydrogen-bond acceptors (Lipinski definition) is 3. The highest BCUT2D eigenvalue weighted by molar-refractivity contribution is 5.08. The van der Waals surface area contributed by atoms with Crippen LogP contribution < -0.4 is 11.1 Å². The zero-order valence-corrected chi connectivity index (χ0v) is 8.74. The van der Waals surface area contributed by atoms with E-state index in [1.54, 1.807) is 0 Å². The molecule has 0 radical (unpaired) electrons. The predicted molar refractivity (Wildman–Crippen MR) is 58.8 cm³/mol. The number of aromatic nitrogens is 1. The lowest BCUT2D eigenvalue weighted by molar-refractivity contribution is 0.471. The van der Waals surface area contributed by atoms with Crippen molar-refractivity contribution in [3.05, 3.63) is 30.1 Å². The second kappa shape index (κ2) is 6.51. The monoisotopic (exact) mass is 193 g/mol. The summed E-state index contributed by atoms with van der Waals surface area (Å²) < 4.78 is 0. The van der Waals surface area contributed by atoms with Crippen LogP contribution >= 0.6 is 0 Å². The Hall–Kier alpha value is -0.930. The molecule has 0 aliphatic rings. The Balaban J connectivity index is 2.21. The zero-order valence-electron chi connectivity index (χ0n) is 8.74. The molecule has 0 saturated carbocycles. The van der Waals surface area contributed by atoms with E-state index in [4.69, 9.17) is 5.73 Å². The van der Waals surface area contributed by atoms with Crippen molar-refractivity contribution in [3.63, 3.8) is 0 Å². The summed E-state index contributed by atoms with van der Waals surface area (Å²) in [7, 11) is 0. The molecule has 1 rings (SSSR count). The molecule has 0 aromatic carbocycles. The van der Waals surface area contributed by atoms with Crippen molar-refractivity contribution in [1.82, 2.24) is 10.3 Å². The van der Waals surface area contributed by atoms with Gasteiger partial charge in [0.15, 0.2) is 0 Å². The molecule has 1 aromatic heterocycles. The van der Waals surface area contributed by atoms with Crippen LogP contribution in [0.2, 0.25) is 0 Å². The second-order valence-electron chi connectivity index (χ2n) is 3.50. The minimum Gasteiger partial charge on any atom is -0.330 e. The third kappa shape index (κ3) is 3.85. The van der Waals surface area contributed by atoms with Crippen LogP contribution in [0.4, 0.5) is 0 Å². The van der Waals surface area contributed by atoms with Crippen LogP contribution in [0.1, 0.15) is 18.9 Å². The van der Waals surface area contributed by atoms with Crippen molar-refractivity contribution < 1.29 is 0 Å².